The Balaban J connectivity index is 1.82. The summed E-state index contributed by atoms with van der Waals surface area (Å²) >= 11 is 3.42. The number of nitrogens with one attached hydrogen (secondary N) is 1. The molecule has 1 atom stereocenters. The zero-order valence-electron chi connectivity index (χ0n) is 10.4. The van der Waals surface area contributed by atoms with Crippen molar-refractivity contribution < 1.29 is 0 Å². The summed E-state index contributed by atoms with van der Waals surface area (Å²) in [7, 11) is 0. The maximum atomic E-state index is 4.45. The predicted molar refractivity (Wildman–Crippen MR) is 77.6 cm³/mol. The minimum Gasteiger partial charge on any atom is -0.383 e. The zero-order valence-corrected chi connectivity index (χ0v) is 11.9. The van der Waals surface area contributed by atoms with Crippen molar-refractivity contribution in [1.82, 2.24) is 9.97 Å². The zero-order chi connectivity index (χ0) is 12.5. The van der Waals surface area contributed by atoms with Crippen molar-refractivity contribution in [2.45, 2.75) is 19.8 Å². The highest BCUT2D eigenvalue weighted by Crippen LogP contribution is 2.36. The number of pyridine rings is 2. The van der Waals surface area contributed by atoms with Gasteiger partial charge in [-0.1, -0.05) is 6.92 Å². The van der Waals surface area contributed by atoms with Crippen LogP contribution in [-0.2, 0) is 0 Å². The molecule has 0 amide bonds. The number of hydrogen-bond acceptors (Lipinski definition) is 3. The smallest absolute Gasteiger partial charge is 0.112 e. The minimum absolute atomic E-state index is 0.740. The Morgan fingerprint density at radius 1 is 1.44 bits per heavy atom. The maximum absolute atomic E-state index is 4.45. The molecular weight excluding hydrogens is 290 g/mol. The van der Waals surface area contributed by atoms with E-state index in [0.29, 0.717) is 0 Å². The standard InChI is InChI=1S/C14H16BrN3/c1-9(10-2-3-10)7-17-12-4-5-16-13-6-11(15)8-18-14(12)13/h4-6,8-10H,2-3,7H2,1H3,(H,16,17). The summed E-state index contributed by atoms with van der Waals surface area (Å²) in [5.41, 5.74) is 2.96. The fourth-order valence-corrected chi connectivity index (χ4v) is 2.57. The van der Waals surface area contributed by atoms with E-state index in [1.165, 1.54) is 12.8 Å². The molecule has 2 aromatic heterocycles. The fraction of sp³-hybridized carbons (Fsp3) is 0.429. The summed E-state index contributed by atoms with van der Waals surface area (Å²) in [6.07, 6.45) is 6.44. The van der Waals surface area contributed by atoms with Crippen molar-refractivity contribution in [2.75, 3.05) is 11.9 Å². The molecule has 1 saturated carbocycles. The van der Waals surface area contributed by atoms with Crippen LogP contribution in [0.5, 0.6) is 0 Å². The Labute approximate surface area is 115 Å². The van der Waals surface area contributed by atoms with E-state index >= 15 is 0 Å². The van der Waals surface area contributed by atoms with Crippen molar-refractivity contribution >= 4 is 32.7 Å². The summed E-state index contributed by atoms with van der Waals surface area (Å²) in [4.78, 5) is 8.79. The normalized spacial score (nSPS) is 16.8. The molecule has 1 unspecified atom stereocenters. The van der Waals surface area contributed by atoms with Crippen molar-refractivity contribution in [2.24, 2.45) is 11.8 Å². The van der Waals surface area contributed by atoms with E-state index in [1.54, 1.807) is 0 Å². The second-order valence-electron chi connectivity index (χ2n) is 5.08. The van der Waals surface area contributed by atoms with E-state index in [1.807, 2.05) is 24.5 Å². The van der Waals surface area contributed by atoms with Crippen LogP contribution in [0.25, 0.3) is 11.0 Å². The van der Waals surface area contributed by atoms with Gasteiger partial charge in [0.15, 0.2) is 0 Å². The lowest BCUT2D eigenvalue weighted by Crippen LogP contribution is -2.13. The first-order valence-electron chi connectivity index (χ1n) is 6.38. The van der Waals surface area contributed by atoms with Crippen LogP contribution in [-0.4, -0.2) is 16.5 Å². The highest BCUT2D eigenvalue weighted by molar-refractivity contribution is 9.10. The number of nitrogens with zero attached hydrogens (tertiary/aromatic N) is 2. The molecule has 94 valence electrons. The van der Waals surface area contributed by atoms with Gasteiger partial charge in [-0.2, -0.15) is 0 Å². The lowest BCUT2D eigenvalue weighted by molar-refractivity contribution is 0.537. The van der Waals surface area contributed by atoms with Crippen LogP contribution < -0.4 is 5.32 Å². The molecule has 0 radical (unpaired) electrons. The van der Waals surface area contributed by atoms with Gasteiger partial charge in [-0.05, 0) is 52.7 Å². The molecule has 1 aliphatic rings. The highest BCUT2D eigenvalue weighted by Gasteiger charge is 2.27. The first-order valence-corrected chi connectivity index (χ1v) is 7.17. The predicted octanol–water partition coefficient (Wildman–Crippen LogP) is 3.85. The van der Waals surface area contributed by atoms with Crippen LogP contribution in [0.3, 0.4) is 0 Å². The molecule has 0 aromatic carbocycles. The molecule has 1 aliphatic carbocycles. The second-order valence-corrected chi connectivity index (χ2v) is 5.99. The van der Waals surface area contributed by atoms with Gasteiger partial charge in [0.25, 0.3) is 0 Å². The van der Waals surface area contributed by atoms with E-state index < -0.39 is 0 Å². The van der Waals surface area contributed by atoms with Gasteiger partial charge in [-0.15, -0.1) is 0 Å². The number of fused-ring (bicyclic) bond motifs is 1. The van der Waals surface area contributed by atoms with Gasteiger partial charge in [0.2, 0.25) is 0 Å². The van der Waals surface area contributed by atoms with E-state index in [9.17, 15) is 0 Å². The molecule has 18 heavy (non-hydrogen) atoms. The molecule has 0 spiro atoms. The van der Waals surface area contributed by atoms with E-state index in [4.69, 9.17) is 0 Å². The highest BCUT2D eigenvalue weighted by atomic mass is 79.9. The van der Waals surface area contributed by atoms with Crippen molar-refractivity contribution in [1.29, 1.82) is 0 Å². The average Bonchev–Trinajstić information content (AvgIpc) is 3.19. The topological polar surface area (TPSA) is 37.8 Å². The Bertz CT molecular complexity index is 566. The lowest BCUT2D eigenvalue weighted by atomic mass is 10.1. The number of anilines is 1. The average molecular weight is 306 g/mol. The van der Waals surface area contributed by atoms with Crippen molar-refractivity contribution in [3.8, 4) is 0 Å². The molecule has 0 bridgehead atoms. The van der Waals surface area contributed by atoms with Gasteiger partial charge in [0.05, 0.1) is 11.2 Å². The van der Waals surface area contributed by atoms with Gasteiger partial charge in [0.1, 0.15) is 5.52 Å². The Kier molecular flexibility index (Phi) is 3.20. The molecule has 1 N–H and O–H groups in total. The largest absolute Gasteiger partial charge is 0.383 e. The van der Waals surface area contributed by atoms with E-state index in [2.05, 4.69) is 38.1 Å². The number of hydrogen-bond donors (Lipinski definition) is 1. The SMILES string of the molecule is CC(CNc1ccnc2cc(Br)cnc12)C1CC1. The van der Waals surface area contributed by atoms with E-state index in [-0.39, 0.29) is 0 Å². The fourth-order valence-electron chi connectivity index (χ4n) is 2.25. The summed E-state index contributed by atoms with van der Waals surface area (Å²) in [5.74, 6) is 1.66. The van der Waals surface area contributed by atoms with E-state index in [0.717, 1.165) is 39.6 Å². The van der Waals surface area contributed by atoms with Crippen LogP contribution in [0.15, 0.2) is 29.0 Å². The molecule has 2 heterocycles. The van der Waals surface area contributed by atoms with Crippen LogP contribution in [0, 0.1) is 11.8 Å². The molecule has 0 saturated heterocycles. The molecule has 0 aliphatic heterocycles. The molecule has 3 nitrogen and oxygen atoms in total. The third-order valence-electron chi connectivity index (χ3n) is 3.59. The van der Waals surface area contributed by atoms with Crippen molar-refractivity contribution in [3.63, 3.8) is 0 Å². The molecular formula is C14H16BrN3. The maximum Gasteiger partial charge on any atom is 0.112 e. The quantitative estimate of drug-likeness (QED) is 0.932. The number of aromatic nitrogens is 2. The summed E-state index contributed by atoms with van der Waals surface area (Å²) in [5, 5.41) is 3.51. The second kappa shape index (κ2) is 4.84. The van der Waals surface area contributed by atoms with Crippen LogP contribution in [0.4, 0.5) is 5.69 Å². The third-order valence-corrected chi connectivity index (χ3v) is 4.02. The molecule has 2 aromatic rings. The van der Waals surface area contributed by atoms with Crippen molar-refractivity contribution in [3.05, 3.63) is 29.0 Å². The van der Waals surface area contributed by atoms with Crippen LogP contribution in [0.2, 0.25) is 0 Å². The molecule has 4 heteroatoms. The number of rotatable bonds is 4. The van der Waals surface area contributed by atoms with Crippen LogP contribution >= 0.6 is 15.9 Å². The van der Waals surface area contributed by atoms with Gasteiger partial charge in [0, 0.05) is 23.4 Å². The van der Waals surface area contributed by atoms with Gasteiger partial charge in [-0.25, -0.2) is 0 Å². The monoisotopic (exact) mass is 305 g/mol. The first kappa shape index (κ1) is 11.9. The van der Waals surface area contributed by atoms with Gasteiger partial charge >= 0.3 is 0 Å². The van der Waals surface area contributed by atoms with Gasteiger partial charge in [-0.3, -0.25) is 9.97 Å². The summed E-state index contributed by atoms with van der Waals surface area (Å²) in [6.45, 7) is 3.33. The first-order chi connectivity index (χ1) is 8.74. The Morgan fingerprint density at radius 2 is 2.28 bits per heavy atom. The number of halogens is 1. The third kappa shape index (κ3) is 2.48. The Hall–Kier alpha value is -1.16. The minimum atomic E-state index is 0.740. The Morgan fingerprint density at radius 3 is 3.06 bits per heavy atom. The lowest BCUT2D eigenvalue weighted by Gasteiger charge is -2.13. The summed E-state index contributed by atoms with van der Waals surface area (Å²) in [6, 6.07) is 4.00. The van der Waals surface area contributed by atoms with Gasteiger partial charge < -0.3 is 5.32 Å². The molecule has 1 fully saturated rings. The molecule has 3 rings (SSSR count). The van der Waals surface area contributed by atoms with Crippen LogP contribution in [0.1, 0.15) is 19.8 Å². The summed E-state index contributed by atoms with van der Waals surface area (Å²) < 4.78 is 0.964.